The maximum atomic E-state index is 12.9. The van der Waals surface area contributed by atoms with Crippen LogP contribution >= 0.6 is 15.9 Å². The number of hydrogen-bond acceptors (Lipinski definition) is 4. The molecule has 1 heterocycles. The van der Waals surface area contributed by atoms with Gasteiger partial charge in [0.25, 0.3) is 5.91 Å². The molecular weight excluding hydrogens is 406 g/mol. The summed E-state index contributed by atoms with van der Waals surface area (Å²) in [5, 5.41) is 0. The molecule has 1 aromatic carbocycles. The molecule has 3 rings (SSSR count). The Hall–Kier alpha value is -1.08. The molecule has 5 nitrogen and oxygen atoms in total. The van der Waals surface area contributed by atoms with Crippen molar-refractivity contribution in [2.45, 2.75) is 51.1 Å². The van der Waals surface area contributed by atoms with Gasteiger partial charge in [-0.3, -0.25) is 4.79 Å². The highest BCUT2D eigenvalue weighted by molar-refractivity contribution is 9.10. The van der Waals surface area contributed by atoms with Crippen LogP contribution in [0.1, 0.15) is 37.7 Å². The maximum absolute atomic E-state index is 12.9. The minimum atomic E-state index is -3.02. The largest absolute Gasteiger partial charge is 0.483 e. The first-order valence-electron chi connectivity index (χ1n) is 8.76. The molecule has 25 heavy (non-hydrogen) atoms. The Kier molecular flexibility index (Phi) is 5.73. The van der Waals surface area contributed by atoms with E-state index in [1.807, 2.05) is 30.0 Å². The average Bonchev–Trinajstić information content (AvgIpc) is 3.17. The van der Waals surface area contributed by atoms with Gasteiger partial charge in [-0.25, -0.2) is 8.42 Å². The third-order valence-electron chi connectivity index (χ3n) is 5.05. The summed E-state index contributed by atoms with van der Waals surface area (Å²) in [7, 11) is -3.02. The van der Waals surface area contributed by atoms with Gasteiger partial charge in [-0.2, -0.15) is 0 Å². The molecule has 2 fully saturated rings. The van der Waals surface area contributed by atoms with E-state index in [-0.39, 0.29) is 36.1 Å². The first-order chi connectivity index (χ1) is 11.9. The molecule has 1 aliphatic carbocycles. The Morgan fingerprint density at radius 3 is 2.56 bits per heavy atom. The molecule has 1 unspecified atom stereocenters. The van der Waals surface area contributed by atoms with Crippen LogP contribution in [0.3, 0.4) is 0 Å². The second-order valence-electron chi connectivity index (χ2n) is 7.02. The lowest BCUT2D eigenvalue weighted by atomic mass is 10.1. The number of halogens is 1. The summed E-state index contributed by atoms with van der Waals surface area (Å²) in [6.07, 6.45) is 4.64. The van der Waals surface area contributed by atoms with Crippen molar-refractivity contribution >= 4 is 31.7 Å². The maximum Gasteiger partial charge on any atom is 0.261 e. The van der Waals surface area contributed by atoms with Crippen molar-refractivity contribution in [2.24, 2.45) is 0 Å². The summed E-state index contributed by atoms with van der Waals surface area (Å²) in [5.74, 6) is 0.785. The topological polar surface area (TPSA) is 63.7 Å². The smallest absolute Gasteiger partial charge is 0.261 e. The lowest BCUT2D eigenvalue weighted by molar-refractivity contribution is -0.137. The van der Waals surface area contributed by atoms with Crippen LogP contribution in [0.15, 0.2) is 22.7 Å². The van der Waals surface area contributed by atoms with E-state index in [2.05, 4.69) is 15.9 Å². The second kappa shape index (κ2) is 7.66. The Balaban J connectivity index is 1.70. The number of ether oxygens (including phenoxy) is 1. The molecule has 1 saturated carbocycles. The van der Waals surface area contributed by atoms with E-state index >= 15 is 0 Å². The third-order valence-corrected chi connectivity index (χ3v) is 7.42. The fourth-order valence-corrected chi connectivity index (χ4v) is 6.14. The number of amides is 1. The summed E-state index contributed by atoms with van der Waals surface area (Å²) in [5.41, 5.74) is 1.11. The summed E-state index contributed by atoms with van der Waals surface area (Å²) >= 11 is 3.45. The van der Waals surface area contributed by atoms with Gasteiger partial charge >= 0.3 is 0 Å². The van der Waals surface area contributed by atoms with Crippen LogP contribution < -0.4 is 4.74 Å². The Morgan fingerprint density at radius 1 is 1.24 bits per heavy atom. The van der Waals surface area contributed by atoms with E-state index in [0.29, 0.717) is 12.2 Å². The fraction of sp³-hybridized carbons (Fsp3) is 0.611. The molecule has 7 heteroatoms. The molecule has 1 amide bonds. The number of sulfone groups is 1. The number of hydrogen-bond donors (Lipinski definition) is 0. The highest BCUT2D eigenvalue weighted by Crippen LogP contribution is 2.30. The Bertz CT molecular complexity index is 743. The molecule has 138 valence electrons. The van der Waals surface area contributed by atoms with Crippen LogP contribution in [0, 0.1) is 6.92 Å². The summed E-state index contributed by atoms with van der Waals surface area (Å²) < 4.78 is 30.3. The number of carbonyl (C=O) groups is 1. The van der Waals surface area contributed by atoms with Gasteiger partial charge in [-0.15, -0.1) is 0 Å². The summed E-state index contributed by atoms with van der Waals surface area (Å²) in [6, 6.07) is 5.66. The van der Waals surface area contributed by atoms with E-state index < -0.39 is 9.84 Å². The zero-order valence-corrected chi connectivity index (χ0v) is 16.8. The van der Waals surface area contributed by atoms with Gasteiger partial charge in [0, 0.05) is 12.1 Å². The molecule has 0 N–H and O–H groups in total. The predicted molar refractivity (Wildman–Crippen MR) is 101 cm³/mol. The molecule has 0 spiro atoms. The van der Waals surface area contributed by atoms with Gasteiger partial charge in [-0.1, -0.05) is 18.9 Å². The van der Waals surface area contributed by atoms with Gasteiger partial charge in [-0.05, 0) is 59.8 Å². The minimum absolute atomic E-state index is 0.0608. The number of benzene rings is 1. The van der Waals surface area contributed by atoms with Gasteiger partial charge in [0.2, 0.25) is 0 Å². The number of nitrogens with zero attached hydrogens (tertiary/aromatic N) is 1. The summed E-state index contributed by atoms with van der Waals surface area (Å²) in [4.78, 5) is 14.7. The van der Waals surface area contributed by atoms with Crippen molar-refractivity contribution in [2.75, 3.05) is 18.1 Å². The number of rotatable bonds is 5. The van der Waals surface area contributed by atoms with Crippen molar-refractivity contribution in [3.63, 3.8) is 0 Å². The molecular formula is C18H24BrNO4S. The molecule has 1 saturated heterocycles. The number of aryl methyl sites for hydroxylation is 1. The highest BCUT2D eigenvalue weighted by atomic mass is 79.9. The zero-order valence-electron chi connectivity index (χ0n) is 14.4. The van der Waals surface area contributed by atoms with Crippen LogP contribution in [0.2, 0.25) is 0 Å². The lowest BCUT2D eigenvalue weighted by Gasteiger charge is -2.34. The van der Waals surface area contributed by atoms with Crippen molar-refractivity contribution < 1.29 is 17.9 Å². The predicted octanol–water partition coefficient (Wildman–Crippen LogP) is 3.09. The third kappa shape index (κ3) is 4.56. The molecule has 1 aromatic rings. The average molecular weight is 430 g/mol. The van der Waals surface area contributed by atoms with Gasteiger partial charge in [0.1, 0.15) is 5.75 Å². The first-order valence-corrected chi connectivity index (χ1v) is 11.4. The Labute approximate surface area is 157 Å². The monoisotopic (exact) mass is 429 g/mol. The van der Waals surface area contributed by atoms with E-state index in [0.717, 1.165) is 35.7 Å². The van der Waals surface area contributed by atoms with Crippen LogP contribution in [0.4, 0.5) is 0 Å². The van der Waals surface area contributed by atoms with E-state index in [4.69, 9.17) is 4.74 Å². The lowest BCUT2D eigenvalue weighted by Crippen LogP contribution is -2.48. The molecule has 1 aliphatic heterocycles. The fourth-order valence-electron chi connectivity index (χ4n) is 3.82. The van der Waals surface area contributed by atoms with Gasteiger partial charge in [0.05, 0.1) is 16.0 Å². The van der Waals surface area contributed by atoms with Crippen molar-refractivity contribution in [1.82, 2.24) is 4.90 Å². The van der Waals surface area contributed by atoms with E-state index in [1.54, 1.807) is 0 Å². The van der Waals surface area contributed by atoms with Crippen molar-refractivity contribution in [1.29, 1.82) is 0 Å². The normalized spacial score (nSPS) is 22.9. The van der Waals surface area contributed by atoms with Crippen LogP contribution in [-0.2, 0) is 14.6 Å². The van der Waals surface area contributed by atoms with Crippen LogP contribution in [0.25, 0.3) is 0 Å². The van der Waals surface area contributed by atoms with E-state index in [9.17, 15) is 13.2 Å². The van der Waals surface area contributed by atoms with Gasteiger partial charge < -0.3 is 9.64 Å². The second-order valence-corrected chi connectivity index (χ2v) is 10.1. The SMILES string of the molecule is Cc1ccc(OCC(=O)N(C2CCCC2)C2CCS(=O)(=O)C2)c(Br)c1. The first kappa shape index (κ1) is 18.7. The van der Waals surface area contributed by atoms with Crippen LogP contribution in [0.5, 0.6) is 5.75 Å². The molecule has 0 radical (unpaired) electrons. The standard InChI is InChI=1S/C18H24BrNO4S/c1-13-6-7-17(16(19)10-13)24-11-18(21)20(14-4-2-3-5-14)15-8-9-25(22,23)12-15/h6-7,10,14-15H,2-5,8-9,11-12H2,1H3. The highest BCUT2D eigenvalue weighted by Gasteiger charge is 2.39. The van der Waals surface area contributed by atoms with Crippen molar-refractivity contribution in [3.05, 3.63) is 28.2 Å². The minimum Gasteiger partial charge on any atom is -0.483 e. The molecule has 1 atom stereocenters. The number of carbonyl (C=O) groups excluding carboxylic acids is 1. The molecule has 2 aliphatic rings. The zero-order chi connectivity index (χ0) is 18.0. The van der Waals surface area contributed by atoms with E-state index in [1.165, 1.54) is 0 Å². The quantitative estimate of drug-likeness (QED) is 0.720. The van der Waals surface area contributed by atoms with Crippen molar-refractivity contribution in [3.8, 4) is 5.75 Å². The molecule has 0 aromatic heterocycles. The van der Waals surface area contributed by atoms with Gasteiger partial charge in [0.15, 0.2) is 16.4 Å². The van der Waals surface area contributed by atoms with Crippen LogP contribution in [-0.4, -0.2) is 49.4 Å². The summed E-state index contributed by atoms with van der Waals surface area (Å²) in [6.45, 7) is 1.93. The Morgan fingerprint density at radius 2 is 1.96 bits per heavy atom. The molecule has 0 bridgehead atoms.